The van der Waals surface area contributed by atoms with Crippen LogP contribution >= 0.6 is 11.6 Å². The Labute approximate surface area is 139 Å². The predicted octanol–water partition coefficient (Wildman–Crippen LogP) is -0.248. The van der Waals surface area contributed by atoms with E-state index in [2.05, 4.69) is 0 Å². The van der Waals surface area contributed by atoms with Crippen LogP contribution in [0.1, 0.15) is 19.3 Å². The zero-order chi connectivity index (χ0) is 16.6. The van der Waals surface area contributed by atoms with Crippen LogP contribution in [0.5, 0.6) is 0 Å². The van der Waals surface area contributed by atoms with Crippen LogP contribution in [0.3, 0.4) is 0 Å². The smallest absolute Gasteiger partial charge is 0.292 e. The molecule has 0 spiro atoms. The number of primary amides is 1. The highest BCUT2D eigenvalue weighted by atomic mass is 35.5. The van der Waals surface area contributed by atoms with Gasteiger partial charge in [-0.2, -0.15) is 0 Å². The quantitative estimate of drug-likeness (QED) is 0.747. The highest BCUT2D eigenvalue weighted by Gasteiger charge is 2.46. The summed E-state index contributed by atoms with van der Waals surface area (Å²) in [4.78, 5) is 38.5. The van der Waals surface area contributed by atoms with Crippen molar-refractivity contribution in [3.8, 4) is 0 Å². The van der Waals surface area contributed by atoms with E-state index in [1.807, 2.05) is 0 Å². The summed E-state index contributed by atoms with van der Waals surface area (Å²) in [5.41, 5.74) is 5.85. The fraction of sp³-hybridized carbons (Fsp3) is 0.438. The summed E-state index contributed by atoms with van der Waals surface area (Å²) in [5.74, 6) is -0.787. The summed E-state index contributed by atoms with van der Waals surface area (Å²) < 4.78 is 0. The van der Waals surface area contributed by atoms with E-state index in [-0.39, 0.29) is 36.1 Å². The molecule has 3 amide bonds. The molecule has 1 atom stereocenters. The number of hydrogen-bond acceptors (Lipinski definition) is 3. The van der Waals surface area contributed by atoms with E-state index in [0.717, 1.165) is 4.90 Å². The second kappa shape index (κ2) is 6.29. The van der Waals surface area contributed by atoms with Gasteiger partial charge in [-0.3, -0.25) is 14.4 Å². The minimum atomic E-state index is -0.379. The lowest BCUT2D eigenvalue weighted by molar-refractivity contribution is -0.920. The van der Waals surface area contributed by atoms with Crippen molar-refractivity contribution < 1.29 is 19.3 Å². The zero-order valence-electron chi connectivity index (χ0n) is 12.6. The largest absolute Gasteiger partial charge is 0.369 e. The molecule has 3 rings (SSSR count). The van der Waals surface area contributed by atoms with Crippen LogP contribution in [0, 0.1) is 5.92 Å². The Hall–Kier alpha value is -1.92. The monoisotopic (exact) mass is 336 g/mol. The molecule has 122 valence electrons. The average Bonchev–Trinajstić information content (AvgIpc) is 2.82. The van der Waals surface area contributed by atoms with Crippen LogP contribution in [0.4, 0.5) is 5.69 Å². The van der Waals surface area contributed by atoms with Crippen molar-refractivity contribution in [2.45, 2.75) is 25.3 Å². The predicted molar refractivity (Wildman–Crippen MR) is 85.0 cm³/mol. The van der Waals surface area contributed by atoms with Gasteiger partial charge in [0.2, 0.25) is 11.8 Å². The van der Waals surface area contributed by atoms with Gasteiger partial charge < -0.3 is 10.6 Å². The second-order valence-corrected chi connectivity index (χ2v) is 6.58. The van der Waals surface area contributed by atoms with E-state index in [4.69, 9.17) is 17.3 Å². The van der Waals surface area contributed by atoms with Crippen LogP contribution in [-0.2, 0) is 14.4 Å². The van der Waals surface area contributed by atoms with Gasteiger partial charge >= 0.3 is 0 Å². The molecule has 0 aromatic heterocycles. The Bertz CT molecular complexity index is 656. The number of nitrogens with zero attached hydrogens (tertiary/aromatic N) is 1. The Morgan fingerprint density at radius 3 is 2.57 bits per heavy atom. The van der Waals surface area contributed by atoms with Crippen molar-refractivity contribution in [1.29, 1.82) is 0 Å². The van der Waals surface area contributed by atoms with Gasteiger partial charge in [-0.05, 0) is 18.2 Å². The SMILES string of the molecule is NC(=O)C1CC[NH+](C2CC(=O)N(c3cccc(Cl)c3)C2=O)CC1. The summed E-state index contributed by atoms with van der Waals surface area (Å²) in [6.07, 6.45) is 1.53. The minimum absolute atomic E-state index is 0.116. The van der Waals surface area contributed by atoms with Crippen molar-refractivity contribution in [2.24, 2.45) is 11.7 Å². The van der Waals surface area contributed by atoms with E-state index in [1.54, 1.807) is 24.3 Å². The zero-order valence-corrected chi connectivity index (χ0v) is 13.4. The lowest BCUT2D eigenvalue weighted by atomic mass is 9.95. The van der Waals surface area contributed by atoms with Crippen LogP contribution in [-0.4, -0.2) is 36.9 Å². The molecule has 2 aliphatic heterocycles. The molecular weight excluding hydrogens is 318 g/mol. The number of carbonyl (C=O) groups excluding carboxylic acids is 3. The molecule has 2 saturated heterocycles. The van der Waals surface area contributed by atoms with Crippen molar-refractivity contribution in [3.63, 3.8) is 0 Å². The number of anilines is 1. The lowest BCUT2D eigenvalue weighted by Crippen LogP contribution is -3.17. The lowest BCUT2D eigenvalue weighted by Gasteiger charge is -2.30. The van der Waals surface area contributed by atoms with Crippen molar-refractivity contribution >= 4 is 35.0 Å². The molecule has 6 nitrogen and oxygen atoms in total. The maximum atomic E-state index is 12.7. The first-order chi connectivity index (χ1) is 11.0. The van der Waals surface area contributed by atoms with Gasteiger partial charge in [0.1, 0.15) is 0 Å². The normalized spacial score (nSPS) is 28.2. The fourth-order valence-electron chi connectivity index (χ4n) is 3.46. The van der Waals surface area contributed by atoms with E-state index >= 15 is 0 Å². The number of piperidine rings is 1. The molecule has 1 aromatic carbocycles. The maximum absolute atomic E-state index is 12.7. The standard InChI is InChI=1S/C16H18ClN3O3/c17-11-2-1-3-12(8-11)20-14(21)9-13(16(20)23)19-6-4-10(5-7-19)15(18)22/h1-3,8,10,13H,4-7,9H2,(H2,18,22)/p+1. The summed E-state index contributed by atoms with van der Waals surface area (Å²) in [6.45, 7) is 1.36. The molecule has 0 saturated carbocycles. The Morgan fingerprint density at radius 1 is 1.26 bits per heavy atom. The number of carbonyl (C=O) groups is 3. The highest BCUT2D eigenvalue weighted by Crippen LogP contribution is 2.25. The number of likely N-dealkylation sites (tertiary alicyclic amines) is 1. The molecule has 0 aliphatic carbocycles. The molecule has 2 heterocycles. The number of benzene rings is 1. The van der Waals surface area contributed by atoms with E-state index in [0.29, 0.717) is 36.6 Å². The number of amides is 3. The number of rotatable bonds is 3. The Kier molecular flexibility index (Phi) is 4.37. The number of quaternary nitrogens is 1. The molecule has 2 fully saturated rings. The highest BCUT2D eigenvalue weighted by molar-refractivity contribution is 6.31. The molecule has 0 bridgehead atoms. The third-order valence-electron chi connectivity index (χ3n) is 4.74. The molecule has 2 aliphatic rings. The van der Waals surface area contributed by atoms with Crippen LogP contribution in [0.2, 0.25) is 5.02 Å². The number of halogens is 1. The van der Waals surface area contributed by atoms with Gasteiger partial charge in [-0.1, -0.05) is 17.7 Å². The topological polar surface area (TPSA) is 84.9 Å². The van der Waals surface area contributed by atoms with Gasteiger partial charge in [0.15, 0.2) is 6.04 Å². The third-order valence-corrected chi connectivity index (χ3v) is 4.97. The number of nitrogens with one attached hydrogen (secondary N) is 1. The molecule has 1 unspecified atom stereocenters. The molecule has 23 heavy (non-hydrogen) atoms. The summed E-state index contributed by atoms with van der Waals surface area (Å²) in [6, 6.07) is 6.37. The van der Waals surface area contributed by atoms with E-state index < -0.39 is 0 Å². The van der Waals surface area contributed by atoms with E-state index in [1.165, 1.54) is 4.90 Å². The Balaban J connectivity index is 1.73. The molecule has 1 aromatic rings. The molecule has 3 N–H and O–H groups in total. The Morgan fingerprint density at radius 2 is 1.96 bits per heavy atom. The van der Waals surface area contributed by atoms with E-state index in [9.17, 15) is 14.4 Å². The number of imide groups is 1. The van der Waals surface area contributed by atoms with Crippen molar-refractivity contribution in [1.82, 2.24) is 0 Å². The third kappa shape index (κ3) is 3.09. The fourth-order valence-corrected chi connectivity index (χ4v) is 3.64. The number of nitrogens with two attached hydrogens (primary N) is 1. The van der Waals surface area contributed by atoms with Crippen molar-refractivity contribution in [2.75, 3.05) is 18.0 Å². The first-order valence-electron chi connectivity index (χ1n) is 7.73. The first-order valence-corrected chi connectivity index (χ1v) is 8.11. The minimum Gasteiger partial charge on any atom is -0.369 e. The molecular formula is C16H19ClN3O3+. The average molecular weight is 337 g/mol. The van der Waals surface area contributed by atoms with Gasteiger partial charge in [0.25, 0.3) is 5.91 Å². The maximum Gasteiger partial charge on any atom is 0.292 e. The van der Waals surface area contributed by atoms with Crippen LogP contribution in [0.15, 0.2) is 24.3 Å². The van der Waals surface area contributed by atoms with Crippen LogP contribution < -0.4 is 15.5 Å². The van der Waals surface area contributed by atoms with Gasteiger partial charge in [-0.25, -0.2) is 4.90 Å². The summed E-state index contributed by atoms with van der Waals surface area (Å²) in [5, 5.41) is 0.487. The summed E-state index contributed by atoms with van der Waals surface area (Å²) in [7, 11) is 0. The second-order valence-electron chi connectivity index (χ2n) is 6.14. The van der Waals surface area contributed by atoms with Gasteiger partial charge in [-0.15, -0.1) is 0 Å². The summed E-state index contributed by atoms with van der Waals surface area (Å²) >= 11 is 5.95. The van der Waals surface area contributed by atoms with Crippen molar-refractivity contribution in [3.05, 3.63) is 29.3 Å². The number of hydrogen-bond donors (Lipinski definition) is 2. The molecule has 0 radical (unpaired) electrons. The van der Waals surface area contributed by atoms with Gasteiger partial charge in [0, 0.05) is 23.8 Å². The first kappa shape index (κ1) is 16.0. The van der Waals surface area contributed by atoms with Crippen LogP contribution in [0.25, 0.3) is 0 Å². The molecule has 7 heteroatoms. The van der Waals surface area contributed by atoms with Gasteiger partial charge in [0.05, 0.1) is 25.2 Å².